The second-order valence-corrected chi connectivity index (χ2v) is 3.71. The number of hydrogen-bond acceptors (Lipinski definition) is 4. The summed E-state index contributed by atoms with van der Waals surface area (Å²) in [6.07, 6.45) is 3.16. The average Bonchev–Trinajstić information content (AvgIpc) is 2.28. The van der Waals surface area contributed by atoms with E-state index in [9.17, 15) is 4.39 Å². The number of nitrogens with one attached hydrogen (secondary N) is 1. The first kappa shape index (κ1) is 12.7. The van der Waals surface area contributed by atoms with Crippen LogP contribution in [0.4, 0.5) is 16.2 Å². The van der Waals surface area contributed by atoms with Gasteiger partial charge in [-0.3, -0.25) is 0 Å². The van der Waals surface area contributed by atoms with Crippen molar-refractivity contribution in [2.75, 3.05) is 30.4 Å². The maximum atomic E-state index is 13.5. The van der Waals surface area contributed by atoms with Crippen LogP contribution in [0.25, 0.3) is 0 Å². The Morgan fingerprint density at radius 1 is 1.38 bits per heavy atom. The van der Waals surface area contributed by atoms with Gasteiger partial charge in [-0.2, -0.15) is 4.98 Å². The number of nitrogens with zero attached hydrogens (tertiary/aromatic N) is 3. The van der Waals surface area contributed by atoms with Crippen molar-refractivity contribution in [3.8, 4) is 0 Å². The summed E-state index contributed by atoms with van der Waals surface area (Å²) in [6, 6.07) is 0. The maximum Gasteiger partial charge on any atom is 0.224 e. The van der Waals surface area contributed by atoms with Gasteiger partial charge in [-0.15, -0.1) is 0 Å². The minimum atomic E-state index is -0.377. The molecule has 0 aliphatic carbocycles. The predicted octanol–water partition coefficient (Wildman–Crippen LogP) is 2.28. The molecule has 0 amide bonds. The molecule has 0 radical (unpaired) electrons. The summed E-state index contributed by atoms with van der Waals surface area (Å²) in [6.45, 7) is 5.68. The molecular weight excluding hydrogens is 207 g/mol. The van der Waals surface area contributed by atoms with E-state index in [2.05, 4.69) is 22.2 Å². The zero-order valence-corrected chi connectivity index (χ0v) is 10.1. The number of hydrogen-bond donors (Lipinski definition) is 1. The minimum absolute atomic E-state index is 0.357. The molecule has 0 atom stereocenters. The first-order valence-electron chi connectivity index (χ1n) is 5.66. The van der Waals surface area contributed by atoms with Crippen molar-refractivity contribution in [3.05, 3.63) is 12.0 Å². The van der Waals surface area contributed by atoms with E-state index in [4.69, 9.17) is 0 Å². The summed E-state index contributed by atoms with van der Waals surface area (Å²) < 4.78 is 13.5. The van der Waals surface area contributed by atoms with Crippen LogP contribution in [0.2, 0.25) is 0 Å². The van der Waals surface area contributed by atoms with Crippen LogP contribution in [-0.2, 0) is 0 Å². The highest BCUT2D eigenvalue weighted by atomic mass is 19.1. The van der Waals surface area contributed by atoms with E-state index in [0.717, 1.165) is 25.9 Å². The van der Waals surface area contributed by atoms with Crippen LogP contribution in [0.5, 0.6) is 0 Å². The summed E-state index contributed by atoms with van der Waals surface area (Å²) in [7, 11) is 1.83. The van der Waals surface area contributed by atoms with E-state index in [1.807, 2.05) is 14.0 Å². The first-order chi connectivity index (χ1) is 7.69. The quantitative estimate of drug-likeness (QED) is 0.808. The van der Waals surface area contributed by atoms with Gasteiger partial charge in [-0.1, -0.05) is 13.8 Å². The van der Waals surface area contributed by atoms with Crippen molar-refractivity contribution in [2.45, 2.75) is 26.7 Å². The van der Waals surface area contributed by atoms with Gasteiger partial charge in [0.1, 0.15) is 0 Å². The molecule has 16 heavy (non-hydrogen) atoms. The van der Waals surface area contributed by atoms with Crippen LogP contribution in [0.15, 0.2) is 6.20 Å². The molecule has 1 aromatic rings. The Bertz CT molecular complexity index is 330. The molecule has 1 heterocycles. The molecule has 0 aliphatic heterocycles. The summed E-state index contributed by atoms with van der Waals surface area (Å²) in [5.41, 5.74) is 0. The molecule has 90 valence electrons. The summed E-state index contributed by atoms with van der Waals surface area (Å²) in [5, 5.41) is 3.04. The SMILES string of the molecule is CCCNc1ncc(F)c(N(C)CCC)n1. The van der Waals surface area contributed by atoms with Crippen molar-refractivity contribution in [1.82, 2.24) is 9.97 Å². The highest BCUT2D eigenvalue weighted by Gasteiger charge is 2.10. The second-order valence-electron chi connectivity index (χ2n) is 3.71. The summed E-state index contributed by atoms with van der Waals surface area (Å²) in [4.78, 5) is 9.85. The highest BCUT2D eigenvalue weighted by Crippen LogP contribution is 2.15. The minimum Gasteiger partial charge on any atom is -0.357 e. The fourth-order valence-corrected chi connectivity index (χ4v) is 1.39. The van der Waals surface area contributed by atoms with Gasteiger partial charge in [0.2, 0.25) is 5.95 Å². The van der Waals surface area contributed by atoms with Crippen molar-refractivity contribution >= 4 is 11.8 Å². The van der Waals surface area contributed by atoms with Gasteiger partial charge < -0.3 is 10.2 Å². The fourth-order valence-electron chi connectivity index (χ4n) is 1.39. The third-order valence-corrected chi connectivity index (χ3v) is 2.18. The molecule has 0 saturated heterocycles. The van der Waals surface area contributed by atoms with Crippen LogP contribution >= 0.6 is 0 Å². The van der Waals surface area contributed by atoms with Crippen molar-refractivity contribution < 1.29 is 4.39 Å². The van der Waals surface area contributed by atoms with Gasteiger partial charge in [0.05, 0.1) is 6.20 Å². The predicted molar refractivity (Wildman–Crippen MR) is 64.3 cm³/mol. The molecule has 0 aliphatic rings. The third kappa shape index (κ3) is 3.32. The molecule has 5 heteroatoms. The zero-order valence-electron chi connectivity index (χ0n) is 10.1. The van der Waals surface area contributed by atoms with Gasteiger partial charge in [0.25, 0.3) is 0 Å². The molecule has 0 bridgehead atoms. The molecule has 1 N–H and O–H groups in total. The zero-order chi connectivity index (χ0) is 12.0. The molecule has 0 fully saturated rings. The molecular formula is C11H19FN4. The average molecular weight is 226 g/mol. The molecule has 0 aromatic carbocycles. The summed E-state index contributed by atoms with van der Waals surface area (Å²) >= 11 is 0. The normalized spacial score (nSPS) is 10.2. The lowest BCUT2D eigenvalue weighted by molar-refractivity contribution is 0.607. The van der Waals surface area contributed by atoms with Crippen LogP contribution in [0, 0.1) is 5.82 Å². The Morgan fingerprint density at radius 2 is 2.12 bits per heavy atom. The monoisotopic (exact) mass is 226 g/mol. The Labute approximate surface area is 95.9 Å². The standard InChI is InChI=1S/C11H19FN4/c1-4-6-13-11-14-8-9(12)10(15-11)16(3)7-5-2/h8H,4-7H2,1-3H3,(H,13,14,15). The number of rotatable bonds is 6. The van der Waals surface area contributed by atoms with E-state index >= 15 is 0 Å². The number of halogens is 1. The van der Waals surface area contributed by atoms with Gasteiger partial charge in [-0.25, -0.2) is 9.37 Å². The Kier molecular flexibility index (Phi) is 4.95. The highest BCUT2D eigenvalue weighted by molar-refractivity contribution is 5.43. The lowest BCUT2D eigenvalue weighted by Gasteiger charge is -2.18. The van der Waals surface area contributed by atoms with Crippen LogP contribution in [0.1, 0.15) is 26.7 Å². The van der Waals surface area contributed by atoms with Crippen molar-refractivity contribution in [1.29, 1.82) is 0 Å². The van der Waals surface area contributed by atoms with E-state index in [0.29, 0.717) is 11.8 Å². The molecule has 0 spiro atoms. The van der Waals surface area contributed by atoms with Crippen LogP contribution < -0.4 is 10.2 Å². The van der Waals surface area contributed by atoms with Crippen LogP contribution in [0.3, 0.4) is 0 Å². The van der Waals surface area contributed by atoms with E-state index < -0.39 is 0 Å². The van der Waals surface area contributed by atoms with Gasteiger partial charge in [-0.05, 0) is 12.8 Å². The lowest BCUT2D eigenvalue weighted by atomic mass is 10.4. The smallest absolute Gasteiger partial charge is 0.224 e. The molecule has 0 unspecified atom stereocenters. The molecule has 4 nitrogen and oxygen atoms in total. The maximum absolute atomic E-state index is 13.5. The van der Waals surface area contributed by atoms with E-state index in [-0.39, 0.29) is 5.82 Å². The topological polar surface area (TPSA) is 41.1 Å². The largest absolute Gasteiger partial charge is 0.357 e. The van der Waals surface area contributed by atoms with E-state index in [1.165, 1.54) is 6.20 Å². The molecule has 1 rings (SSSR count). The molecule has 0 saturated carbocycles. The van der Waals surface area contributed by atoms with Gasteiger partial charge in [0.15, 0.2) is 11.6 Å². The first-order valence-corrected chi connectivity index (χ1v) is 5.66. The van der Waals surface area contributed by atoms with E-state index in [1.54, 1.807) is 4.90 Å². The Hall–Kier alpha value is -1.39. The van der Waals surface area contributed by atoms with Gasteiger partial charge >= 0.3 is 0 Å². The Balaban J connectivity index is 2.81. The Morgan fingerprint density at radius 3 is 2.75 bits per heavy atom. The van der Waals surface area contributed by atoms with Crippen molar-refractivity contribution in [3.63, 3.8) is 0 Å². The molecule has 1 aromatic heterocycles. The van der Waals surface area contributed by atoms with Crippen molar-refractivity contribution in [2.24, 2.45) is 0 Å². The fraction of sp³-hybridized carbons (Fsp3) is 0.636. The number of anilines is 2. The summed E-state index contributed by atoms with van der Waals surface area (Å²) in [5.74, 6) is 0.467. The third-order valence-electron chi connectivity index (χ3n) is 2.18. The number of aromatic nitrogens is 2. The lowest BCUT2D eigenvalue weighted by Crippen LogP contribution is -2.21. The van der Waals surface area contributed by atoms with Crippen LogP contribution in [-0.4, -0.2) is 30.1 Å². The van der Waals surface area contributed by atoms with Gasteiger partial charge in [0, 0.05) is 20.1 Å². The second kappa shape index (κ2) is 6.25.